The fraction of sp³-hybridized carbons (Fsp3) is 0.435. The van der Waals surface area contributed by atoms with Gasteiger partial charge in [0.05, 0.1) is 25.4 Å². The van der Waals surface area contributed by atoms with Crippen molar-refractivity contribution in [3.8, 4) is 5.75 Å². The molecule has 0 spiro atoms. The average Bonchev–Trinajstić information content (AvgIpc) is 2.71. The average molecular weight is 513 g/mol. The van der Waals surface area contributed by atoms with Gasteiger partial charge in [0.2, 0.25) is 0 Å². The van der Waals surface area contributed by atoms with Gasteiger partial charge in [-0.15, -0.1) is 12.6 Å². The maximum Gasteiger partial charge on any atom is 0.460 e. The molecule has 1 unspecified atom stereocenters. The van der Waals surface area contributed by atoms with Crippen molar-refractivity contribution in [2.24, 2.45) is 0 Å². The molecule has 1 atom stereocenters. The van der Waals surface area contributed by atoms with E-state index in [0.29, 0.717) is 36.9 Å². The molecule has 8 heteroatoms. The van der Waals surface area contributed by atoms with E-state index in [4.69, 9.17) is 24.1 Å². The first kappa shape index (κ1) is 25.7. The van der Waals surface area contributed by atoms with E-state index in [-0.39, 0.29) is 11.5 Å². The van der Waals surface area contributed by atoms with E-state index < -0.39 is 12.1 Å². The summed E-state index contributed by atoms with van der Waals surface area (Å²) in [6.07, 6.45) is -0.914. The SMILES string of the molecule is CCOC(OCC)(OCC)Oc1ccc(Br)c(CC(C)c2ccc(C(=O)O)cc2S)c1. The lowest BCUT2D eigenvalue weighted by Gasteiger charge is -2.31. The Balaban J connectivity index is 2.27. The summed E-state index contributed by atoms with van der Waals surface area (Å²) in [5.74, 6) is -0.325. The number of ether oxygens (including phenoxy) is 4. The summed E-state index contributed by atoms with van der Waals surface area (Å²) >= 11 is 8.10. The number of carboxylic acids is 1. The molecule has 2 aromatic rings. The number of carboxylic acid groups (broad SMARTS) is 1. The summed E-state index contributed by atoms with van der Waals surface area (Å²) in [7, 11) is 0. The number of halogens is 1. The molecular weight excluding hydrogens is 484 g/mol. The first-order valence-corrected chi connectivity index (χ1v) is 11.4. The number of hydrogen-bond donors (Lipinski definition) is 2. The van der Waals surface area contributed by atoms with Crippen LogP contribution in [0, 0.1) is 0 Å². The molecule has 0 bridgehead atoms. The van der Waals surface area contributed by atoms with Crippen LogP contribution in [0.2, 0.25) is 0 Å². The van der Waals surface area contributed by atoms with Gasteiger partial charge in [-0.1, -0.05) is 28.9 Å². The molecule has 6 nitrogen and oxygen atoms in total. The molecule has 0 aliphatic rings. The Morgan fingerprint density at radius 1 is 1.06 bits per heavy atom. The molecule has 0 aliphatic heterocycles. The third-order valence-corrected chi connectivity index (χ3v) is 5.72. The van der Waals surface area contributed by atoms with Gasteiger partial charge in [-0.25, -0.2) is 4.79 Å². The van der Waals surface area contributed by atoms with Gasteiger partial charge in [0.25, 0.3) is 0 Å². The minimum absolute atomic E-state index is 0.0947. The lowest BCUT2D eigenvalue weighted by Crippen LogP contribution is -2.45. The van der Waals surface area contributed by atoms with E-state index in [1.807, 2.05) is 45.0 Å². The lowest BCUT2D eigenvalue weighted by atomic mass is 9.93. The Morgan fingerprint density at radius 2 is 1.68 bits per heavy atom. The van der Waals surface area contributed by atoms with Crippen molar-refractivity contribution in [1.82, 2.24) is 0 Å². The van der Waals surface area contributed by atoms with Crippen LogP contribution in [-0.2, 0) is 20.6 Å². The predicted octanol–water partition coefficient (Wildman–Crippen LogP) is 5.88. The number of hydrogen-bond acceptors (Lipinski definition) is 6. The van der Waals surface area contributed by atoms with Crippen molar-refractivity contribution in [1.29, 1.82) is 0 Å². The largest absolute Gasteiger partial charge is 0.478 e. The third-order valence-electron chi connectivity index (χ3n) is 4.56. The Labute approximate surface area is 197 Å². The topological polar surface area (TPSA) is 74.2 Å². The standard InChI is InChI=1S/C23H29BrO6S/c1-5-27-23(28-6-2,29-7-3)30-18-9-11-20(24)17(13-18)12-15(4)19-10-8-16(22(25)26)14-21(19)31/h8-11,13-15,31H,5-7,12H2,1-4H3,(H,25,26). The van der Waals surface area contributed by atoms with Crippen LogP contribution in [0.5, 0.6) is 5.75 Å². The highest BCUT2D eigenvalue weighted by atomic mass is 79.9. The number of carbonyl (C=O) groups is 1. The molecule has 1 N–H and O–H groups in total. The molecule has 0 fully saturated rings. The van der Waals surface area contributed by atoms with E-state index in [2.05, 4.69) is 35.5 Å². The van der Waals surface area contributed by atoms with Crippen molar-refractivity contribution in [2.45, 2.75) is 51.1 Å². The molecule has 2 aromatic carbocycles. The first-order valence-electron chi connectivity index (χ1n) is 10.2. The van der Waals surface area contributed by atoms with Crippen molar-refractivity contribution in [3.63, 3.8) is 0 Å². The van der Waals surface area contributed by atoms with Crippen molar-refractivity contribution < 1.29 is 28.8 Å². The maximum absolute atomic E-state index is 11.2. The zero-order valence-electron chi connectivity index (χ0n) is 18.2. The molecule has 0 saturated carbocycles. The second-order valence-electron chi connectivity index (χ2n) is 6.84. The summed E-state index contributed by atoms with van der Waals surface area (Å²) in [6.45, 7) is 8.67. The van der Waals surface area contributed by atoms with E-state index in [1.54, 1.807) is 12.1 Å². The van der Waals surface area contributed by atoms with Gasteiger partial charge in [0.15, 0.2) is 0 Å². The van der Waals surface area contributed by atoms with Gasteiger partial charge in [-0.3, -0.25) is 14.2 Å². The molecule has 2 rings (SSSR count). The van der Waals surface area contributed by atoms with Crippen LogP contribution in [0.3, 0.4) is 0 Å². The second kappa shape index (κ2) is 11.9. The van der Waals surface area contributed by atoms with Gasteiger partial charge >= 0.3 is 12.1 Å². The highest BCUT2D eigenvalue weighted by molar-refractivity contribution is 9.10. The summed E-state index contributed by atoms with van der Waals surface area (Å²) in [5, 5.41) is 9.16. The fourth-order valence-electron chi connectivity index (χ4n) is 3.19. The molecule has 0 aromatic heterocycles. The minimum Gasteiger partial charge on any atom is -0.478 e. The summed E-state index contributed by atoms with van der Waals surface area (Å²) in [4.78, 5) is 11.8. The molecule has 31 heavy (non-hydrogen) atoms. The van der Waals surface area contributed by atoms with Crippen LogP contribution in [0.1, 0.15) is 55.1 Å². The van der Waals surface area contributed by atoms with Gasteiger partial charge in [-0.2, -0.15) is 0 Å². The predicted molar refractivity (Wildman–Crippen MR) is 125 cm³/mol. The molecular formula is C23H29BrO6S. The smallest absolute Gasteiger partial charge is 0.460 e. The van der Waals surface area contributed by atoms with E-state index in [0.717, 1.165) is 15.6 Å². The Morgan fingerprint density at radius 3 is 2.19 bits per heavy atom. The van der Waals surface area contributed by atoms with Crippen LogP contribution in [0.15, 0.2) is 45.8 Å². The zero-order valence-corrected chi connectivity index (χ0v) is 20.7. The summed E-state index contributed by atoms with van der Waals surface area (Å²) < 4.78 is 23.9. The minimum atomic E-state index is -1.60. The number of aromatic carboxylic acids is 1. The monoisotopic (exact) mass is 512 g/mol. The van der Waals surface area contributed by atoms with Crippen molar-refractivity contribution >= 4 is 34.5 Å². The third kappa shape index (κ3) is 6.95. The van der Waals surface area contributed by atoms with Crippen LogP contribution in [-0.4, -0.2) is 37.1 Å². The van der Waals surface area contributed by atoms with Gasteiger partial charge in [-0.05, 0) is 74.6 Å². The highest BCUT2D eigenvalue weighted by Crippen LogP contribution is 2.33. The Hall–Kier alpha value is -1.58. The molecule has 0 amide bonds. The van der Waals surface area contributed by atoms with Gasteiger partial charge < -0.3 is 9.84 Å². The molecule has 0 aliphatic carbocycles. The lowest BCUT2D eigenvalue weighted by molar-refractivity contribution is -0.467. The van der Waals surface area contributed by atoms with Gasteiger partial charge in [0.1, 0.15) is 5.75 Å². The maximum atomic E-state index is 11.2. The summed E-state index contributed by atoms with van der Waals surface area (Å²) in [5.41, 5.74) is 2.20. The van der Waals surface area contributed by atoms with E-state index in [9.17, 15) is 4.79 Å². The van der Waals surface area contributed by atoms with E-state index in [1.165, 1.54) is 0 Å². The quantitative estimate of drug-likeness (QED) is 0.273. The normalized spacial score (nSPS) is 12.6. The number of rotatable bonds is 12. The summed E-state index contributed by atoms with van der Waals surface area (Å²) in [6, 6.07) is 10.6. The van der Waals surface area contributed by atoms with Gasteiger partial charge in [0, 0.05) is 9.37 Å². The number of thiol groups is 1. The highest BCUT2D eigenvalue weighted by Gasteiger charge is 2.36. The Kier molecular flexibility index (Phi) is 9.84. The van der Waals surface area contributed by atoms with Crippen LogP contribution >= 0.6 is 28.6 Å². The van der Waals surface area contributed by atoms with Crippen LogP contribution in [0.25, 0.3) is 0 Å². The second-order valence-corrected chi connectivity index (χ2v) is 8.17. The fourth-order valence-corrected chi connectivity index (χ4v) is 4.03. The first-order chi connectivity index (χ1) is 14.7. The van der Waals surface area contributed by atoms with Crippen LogP contribution in [0.4, 0.5) is 0 Å². The van der Waals surface area contributed by atoms with Crippen LogP contribution < -0.4 is 4.74 Å². The zero-order chi connectivity index (χ0) is 23.0. The molecule has 0 radical (unpaired) electrons. The Bertz CT molecular complexity index is 871. The molecule has 0 heterocycles. The molecule has 0 saturated heterocycles. The van der Waals surface area contributed by atoms with E-state index >= 15 is 0 Å². The van der Waals surface area contributed by atoms with Crippen molar-refractivity contribution in [3.05, 3.63) is 57.6 Å². The van der Waals surface area contributed by atoms with Crippen molar-refractivity contribution in [2.75, 3.05) is 19.8 Å². The number of benzene rings is 2. The molecule has 170 valence electrons.